The second kappa shape index (κ2) is 15.2. The lowest BCUT2D eigenvalue weighted by Crippen LogP contribution is -2.11. The van der Waals surface area contributed by atoms with Crippen molar-refractivity contribution in [3.8, 4) is 23.0 Å². The smallest absolute Gasteiger partial charge is 0.330 e. The molecule has 0 aliphatic heterocycles. The van der Waals surface area contributed by atoms with Gasteiger partial charge in [0.25, 0.3) is 0 Å². The molecule has 2 aromatic carbocycles. The maximum absolute atomic E-state index is 12.0. The summed E-state index contributed by atoms with van der Waals surface area (Å²) in [5.41, 5.74) is 0.914. The predicted molar refractivity (Wildman–Crippen MR) is 138 cm³/mol. The van der Waals surface area contributed by atoms with Crippen molar-refractivity contribution in [2.45, 2.75) is 27.7 Å². The molecule has 12 heteroatoms. The Morgan fingerprint density at radius 3 is 1.18 bits per heavy atom. The Morgan fingerprint density at radius 1 is 0.525 bits per heavy atom. The molecule has 0 amide bonds. The van der Waals surface area contributed by atoms with E-state index in [-0.39, 0.29) is 36.2 Å². The van der Waals surface area contributed by atoms with Gasteiger partial charge in [0.1, 0.15) is 13.2 Å². The number of hydrogen-bond donors (Lipinski definition) is 0. The molecule has 0 saturated heterocycles. The molecule has 2 aromatic rings. The molecule has 2 rings (SSSR count). The Morgan fingerprint density at radius 2 is 0.850 bits per heavy atom. The molecular weight excluding hydrogens is 528 g/mol. The zero-order chi connectivity index (χ0) is 29.7. The zero-order valence-electron chi connectivity index (χ0n) is 22.1. The van der Waals surface area contributed by atoms with E-state index in [9.17, 15) is 28.8 Å². The lowest BCUT2D eigenvalue weighted by molar-refractivity contribution is -0.145. The van der Waals surface area contributed by atoms with Crippen molar-refractivity contribution >= 4 is 48.0 Å². The van der Waals surface area contributed by atoms with E-state index in [0.717, 1.165) is 12.2 Å². The first kappa shape index (κ1) is 31.0. The summed E-state index contributed by atoms with van der Waals surface area (Å²) in [6.45, 7) is 4.33. The first-order chi connectivity index (χ1) is 18.9. The number of rotatable bonds is 11. The summed E-state index contributed by atoms with van der Waals surface area (Å²) in [5.74, 6) is -3.80. The van der Waals surface area contributed by atoms with Crippen LogP contribution in [-0.2, 0) is 38.2 Å². The number of benzene rings is 2. The third-order valence-electron chi connectivity index (χ3n) is 4.35. The number of esters is 6. The van der Waals surface area contributed by atoms with Gasteiger partial charge in [0, 0.05) is 39.8 Å². The molecule has 0 N–H and O–H groups in total. The van der Waals surface area contributed by atoms with Crippen molar-refractivity contribution in [3.63, 3.8) is 0 Å². The van der Waals surface area contributed by atoms with Crippen LogP contribution in [-0.4, -0.2) is 49.0 Å². The van der Waals surface area contributed by atoms with Crippen LogP contribution in [0.4, 0.5) is 0 Å². The van der Waals surface area contributed by atoms with Gasteiger partial charge in [0.05, 0.1) is 0 Å². The minimum atomic E-state index is -0.726. The quantitative estimate of drug-likeness (QED) is 0.173. The summed E-state index contributed by atoms with van der Waals surface area (Å²) in [7, 11) is 0. The van der Waals surface area contributed by atoms with Gasteiger partial charge in [-0.15, -0.1) is 0 Å². The summed E-state index contributed by atoms with van der Waals surface area (Å²) in [6, 6.07) is 8.67. The van der Waals surface area contributed by atoms with Gasteiger partial charge >= 0.3 is 35.8 Å². The van der Waals surface area contributed by atoms with Gasteiger partial charge in [-0.2, -0.15) is 0 Å². The number of carbonyl (C=O) groups excluding carboxylic acids is 6. The minimum Gasteiger partial charge on any atom is -0.459 e. The highest BCUT2D eigenvalue weighted by Crippen LogP contribution is 2.30. The SMILES string of the molecule is CC(=O)Oc1ccc(/C=C\C(=O)OCCOC(=O)/C=C/c2ccc(OC(C)=O)c(OC(C)=O)c2)cc1OC(C)=O. The fourth-order valence-electron chi connectivity index (χ4n) is 2.91. The highest BCUT2D eigenvalue weighted by molar-refractivity contribution is 5.88. The Hall–Kier alpha value is -5.26. The van der Waals surface area contributed by atoms with Crippen LogP contribution < -0.4 is 18.9 Å². The topological polar surface area (TPSA) is 158 Å². The Kier molecular flexibility index (Phi) is 11.8. The molecule has 210 valence electrons. The molecule has 0 heterocycles. The predicted octanol–water partition coefficient (Wildman–Crippen LogP) is 3.20. The van der Waals surface area contributed by atoms with Crippen LogP contribution in [0.5, 0.6) is 23.0 Å². The van der Waals surface area contributed by atoms with Gasteiger partial charge in [-0.05, 0) is 47.5 Å². The van der Waals surface area contributed by atoms with Crippen molar-refractivity contribution < 1.29 is 57.2 Å². The van der Waals surface area contributed by atoms with E-state index >= 15 is 0 Å². The second-order valence-corrected chi connectivity index (χ2v) is 7.79. The van der Waals surface area contributed by atoms with E-state index in [2.05, 4.69) is 0 Å². The van der Waals surface area contributed by atoms with E-state index in [1.54, 1.807) is 0 Å². The second-order valence-electron chi connectivity index (χ2n) is 7.79. The minimum absolute atomic E-state index is 0.00104. The fraction of sp³-hybridized carbons (Fsp3) is 0.214. The van der Waals surface area contributed by atoms with E-state index in [1.165, 1.54) is 76.2 Å². The van der Waals surface area contributed by atoms with Gasteiger partial charge < -0.3 is 28.4 Å². The van der Waals surface area contributed by atoms with Crippen LogP contribution in [0.3, 0.4) is 0 Å². The normalized spacial score (nSPS) is 10.6. The molecule has 0 spiro atoms. The van der Waals surface area contributed by atoms with Crippen LogP contribution in [0.1, 0.15) is 38.8 Å². The standard InChI is InChI=1S/C28H26O12/c1-17(29)37-23-9-5-21(15-25(23)39-19(3)31)7-11-27(33)35-13-14-36-28(34)12-8-22-6-10-24(38-18(2)30)26(16-22)40-20(4)32/h5-12,15-16H,13-14H2,1-4H3/b11-7-,12-8+. The summed E-state index contributed by atoms with van der Waals surface area (Å²) >= 11 is 0. The van der Waals surface area contributed by atoms with Crippen LogP contribution in [0.15, 0.2) is 48.6 Å². The number of ether oxygens (including phenoxy) is 6. The molecule has 0 aliphatic rings. The van der Waals surface area contributed by atoms with Crippen LogP contribution in [0.25, 0.3) is 12.2 Å². The lowest BCUT2D eigenvalue weighted by atomic mass is 10.2. The third-order valence-corrected chi connectivity index (χ3v) is 4.35. The van der Waals surface area contributed by atoms with Crippen molar-refractivity contribution in [1.82, 2.24) is 0 Å². The molecule has 0 atom stereocenters. The van der Waals surface area contributed by atoms with Crippen LogP contribution >= 0.6 is 0 Å². The Bertz CT molecular complexity index is 1250. The van der Waals surface area contributed by atoms with E-state index in [1.807, 2.05) is 0 Å². The Balaban J connectivity index is 1.87. The molecule has 40 heavy (non-hydrogen) atoms. The first-order valence-electron chi connectivity index (χ1n) is 11.6. The third kappa shape index (κ3) is 11.4. The van der Waals surface area contributed by atoms with E-state index in [4.69, 9.17) is 28.4 Å². The number of hydrogen-bond acceptors (Lipinski definition) is 12. The summed E-state index contributed by atoms with van der Waals surface area (Å²) in [6.07, 6.45) is 5.00. The van der Waals surface area contributed by atoms with Crippen LogP contribution in [0.2, 0.25) is 0 Å². The number of carbonyl (C=O) groups is 6. The average Bonchev–Trinajstić information content (AvgIpc) is 2.85. The summed E-state index contributed by atoms with van der Waals surface area (Å²) < 4.78 is 30.0. The monoisotopic (exact) mass is 554 g/mol. The molecule has 0 aromatic heterocycles. The first-order valence-corrected chi connectivity index (χ1v) is 11.6. The molecule has 0 aliphatic carbocycles. The van der Waals surface area contributed by atoms with Gasteiger partial charge in [-0.25, -0.2) is 9.59 Å². The molecule has 0 bridgehead atoms. The molecule has 0 saturated carbocycles. The average molecular weight is 555 g/mol. The highest BCUT2D eigenvalue weighted by Gasteiger charge is 2.12. The van der Waals surface area contributed by atoms with Gasteiger partial charge in [0.2, 0.25) is 0 Å². The van der Waals surface area contributed by atoms with Crippen molar-refractivity contribution in [1.29, 1.82) is 0 Å². The molecule has 0 fully saturated rings. The lowest BCUT2D eigenvalue weighted by Gasteiger charge is -2.09. The molecule has 0 radical (unpaired) electrons. The molecule has 0 unspecified atom stereocenters. The fourth-order valence-corrected chi connectivity index (χ4v) is 2.91. The van der Waals surface area contributed by atoms with Crippen LogP contribution in [0, 0.1) is 0 Å². The van der Waals surface area contributed by atoms with Gasteiger partial charge in [-0.3, -0.25) is 19.2 Å². The molecule has 12 nitrogen and oxygen atoms in total. The highest BCUT2D eigenvalue weighted by atomic mass is 16.6. The summed E-state index contributed by atoms with van der Waals surface area (Å²) in [4.78, 5) is 68.9. The van der Waals surface area contributed by atoms with Crippen molar-refractivity contribution in [2.75, 3.05) is 13.2 Å². The van der Waals surface area contributed by atoms with Gasteiger partial charge in [-0.1, -0.05) is 12.1 Å². The maximum Gasteiger partial charge on any atom is 0.330 e. The van der Waals surface area contributed by atoms with Gasteiger partial charge in [0.15, 0.2) is 23.0 Å². The maximum atomic E-state index is 12.0. The van der Waals surface area contributed by atoms with E-state index < -0.39 is 35.8 Å². The summed E-state index contributed by atoms with van der Waals surface area (Å²) in [5, 5.41) is 0. The molecular formula is C28H26O12. The van der Waals surface area contributed by atoms with E-state index in [0.29, 0.717) is 11.1 Å². The Labute approximate surface area is 229 Å². The van der Waals surface area contributed by atoms with Crippen molar-refractivity contribution in [2.24, 2.45) is 0 Å². The van der Waals surface area contributed by atoms with Crippen molar-refractivity contribution in [3.05, 3.63) is 59.7 Å². The largest absolute Gasteiger partial charge is 0.459 e. The zero-order valence-corrected chi connectivity index (χ0v) is 22.1.